The van der Waals surface area contributed by atoms with Crippen molar-refractivity contribution in [3.05, 3.63) is 5.82 Å². The Morgan fingerprint density at radius 3 is 2.39 bits per heavy atom. The van der Waals surface area contributed by atoms with Crippen LogP contribution in [0, 0.1) is 5.92 Å². The zero-order valence-corrected chi connectivity index (χ0v) is 22.9. The Bertz CT molecular complexity index is 713. The predicted octanol–water partition coefficient (Wildman–Crippen LogP) is 2.97. The van der Waals surface area contributed by atoms with E-state index in [0.29, 0.717) is 6.54 Å². The first-order valence-electron chi connectivity index (χ1n) is 10.7. The number of anilines is 1. The number of carbonyl (C=O) groups excluding carboxylic acids is 1. The van der Waals surface area contributed by atoms with Crippen LogP contribution < -0.4 is 15.5 Å². The van der Waals surface area contributed by atoms with Crippen LogP contribution in [0.3, 0.4) is 0 Å². The standard InChI is InChI=1S/C20H37N7O2S.HI/c1-8-16-24-18(30-25-16)27-11-9-26(10-12-27)17(21-7)22-13-15(14(2)3)23-19(28)29-20(4,5)6;/h14-15H,8-13H2,1-7H3,(H,21,22)(H,23,28);1H. The first-order chi connectivity index (χ1) is 14.1. The van der Waals surface area contributed by atoms with E-state index in [2.05, 4.69) is 55.6 Å². The zero-order valence-electron chi connectivity index (χ0n) is 19.8. The van der Waals surface area contributed by atoms with Crippen molar-refractivity contribution in [2.45, 2.75) is 59.6 Å². The fourth-order valence-corrected chi connectivity index (χ4v) is 3.87. The van der Waals surface area contributed by atoms with Crippen molar-refractivity contribution >= 4 is 52.7 Å². The molecule has 9 nitrogen and oxygen atoms in total. The quantitative estimate of drug-likeness (QED) is 0.310. The smallest absolute Gasteiger partial charge is 0.407 e. The molecule has 2 N–H and O–H groups in total. The number of ether oxygens (including phenoxy) is 1. The molecule has 1 aliphatic heterocycles. The fourth-order valence-electron chi connectivity index (χ4n) is 3.07. The van der Waals surface area contributed by atoms with Crippen LogP contribution in [-0.2, 0) is 11.2 Å². The van der Waals surface area contributed by atoms with Crippen molar-refractivity contribution in [1.82, 2.24) is 24.9 Å². The van der Waals surface area contributed by atoms with Crippen LogP contribution in [0.4, 0.5) is 9.93 Å². The van der Waals surface area contributed by atoms with E-state index >= 15 is 0 Å². The average molecular weight is 568 g/mol. The van der Waals surface area contributed by atoms with Gasteiger partial charge in [-0.15, -0.1) is 24.0 Å². The Morgan fingerprint density at radius 1 is 1.26 bits per heavy atom. The summed E-state index contributed by atoms with van der Waals surface area (Å²) in [6.07, 6.45) is 0.469. The van der Waals surface area contributed by atoms with E-state index in [0.717, 1.165) is 49.5 Å². The van der Waals surface area contributed by atoms with Crippen LogP contribution in [0.25, 0.3) is 0 Å². The summed E-state index contributed by atoms with van der Waals surface area (Å²) in [5.74, 6) is 2.01. The predicted molar refractivity (Wildman–Crippen MR) is 138 cm³/mol. The van der Waals surface area contributed by atoms with Crippen molar-refractivity contribution in [2.24, 2.45) is 10.9 Å². The SMILES string of the molecule is CCc1nsc(N2CCN(C(=NC)NCC(NC(=O)OC(C)(C)C)C(C)C)CC2)n1.I. The molecule has 1 fully saturated rings. The number of amides is 1. The normalized spacial score (nSPS) is 16.1. The highest BCUT2D eigenvalue weighted by Crippen LogP contribution is 2.19. The lowest BCUT2D eigenvalue weighted by Crippen LogP contribution is -2.55. The third-order valence-electron chi connectivity index (χ3n) is 4.82. The number of hydrogen-bond acceptors (Lipinski definition) is 7. The molecule has 1 aromatic rings. The van der Waals surface area contributed by atoms with E-state index < -0.39 is 11.7 Å². The average Bonchev–Trinajstić information content (AvgIpc) is 3.15. The lowest BCUT2D eigenvalue weighted by Gasteiger charge is -2.36. The molecule has 1 aliphatic rings. The highest BCUT2D eigenvalue weighted by Gasteiger charge is 2.24. The molecule has 1 saturated heterocycles. The number of alkyl carbamates (subject to hydrolysis) is 1. The first-order valence-corrected chi connectivity index (χ1v) is 11.4. The third-order valence-corrected chi connectivity index (χ3v) is 5.64. The number of nitrogens with one attached hydrogen (secondary N) is 2. The summed E-state index contributed by atoms with van der Waals surface area (Å²) in [7, 11) is 1.79. The molecule has 1 unspecified atom stereocenters. The van der Waals surface area contributed by atoms with E-state index in [1.165, 1.54) is 11.5 Å². The zero-order chi connectivity index (χ0) is 22.3. The van der Waals surface area contributed by atoms with Crippen LogP contribution in [0.1, 0.15) is 47.4 Å². The molecule has 178 valence electrons. The van der Waals surface area contributed by atoms with E-state index in [1.54, 1.807) is 7.05 Å². The molecule has 1 amide bonds. The van der Waals surface area contributed by atoms with Gasteiger partial charge in [-0.2, -0.15) is 4.37 Å². The van der Waals surface area contributed by atoms with Gasteiger partial charge in [-0.05, 0) is 26.7 Å². The maximum atomic E-state index is 12.2. The number of hydrogen-bond donors (Lipinski definition) is 2. The lowest BCUT2D eigenvalue weighted by atomic mass is 10.0. The van der Waals surface area contributed by atoms with Gasteiger partial charge in [0.05, 0.1) is 6.04 Å². The summed E-state index contributed by atoms with van der Waals surface area (Å²) in [6, 6.07) is -0.0632. The molecular formula is C20H38IN7O2S. The summed E-state index contributed by atoms with van der Waals surface area (Å²) in [5, 5.41) is 7.39. The number of nitrogens with zero attached hydrogens (tertiary/aromatic N) is 5. The highest BCUT2D eigenvalue weighted by molar-refractivity contribution is 14.0. The number of aromatic nitrogens is 2. The summed E-state index contributed by atoms with van der Waals surface area (Å²) in [4.78, 5) is 25.7. The minimum Gasteiger partial charge on any atom is -0.444 e. The van der Waals surface area contributed by atoms with Crippen molar-refractivity contribution in [1.29, 1.82) is 0 Å². The number of piperazine rings is 1. The number of carbonyl (C=O) groups is 1. The van der Waals surface area contributed by atoms with Crippen LogP contribution in [0.15, 0.2) is 4.99 Å². The Labute approximate surface area is 207 Å². The molecule has 0 aliphatic carbocycles. The Morgan fingerprint density at radius 2 is 1.90 bits per heavy atom. The fraction of sp³-hybridized carbons (Fsp3) is 0.800. The van der Waals surface area contributed by atoms with E-state index in [9.17, 15) is 4.79 Å². The highest BCUT2D eigenvalue weighted by atomic mass is 127. The Balaban J connectivity index is 0.00000480. The van der Waals surface area contributed by atoms with Crippen LogP contribution in [0.2, 0.25) is 0 Å². The molecule has 11 heteroatoms. The molecule has 0 saturated carbocycles. The maximum Gasteiger partial charge on any atom is 0.407 e. The molecule has 1 atom stereocenters. The minimum absolute atomic E-state index is 0. The van der Waals surface area contributed by atoms with Gasteiger partial charge in [-0.3, -0.25) is 4.99 Å². The number of guanidine groups is 1. The second-order valence-corrected chi connectivity index (χ2v) is 9.48. The molecule has 0 spiro atoms. The third kappa shape index (κ3) is 8.95. The Hall–Kier alpha value is -1.37. The second-order valence-electron chi connectivity index (χ2n) is 8.75. The van der Waals surface area contributed by atoms with E-state index in [4.69, 9.17) is 4.74 Å². The summed E-state index contributed by atoms with van der Waals surface area (Å²) in [6.45, 7) is 15.9. The number of aliphatic imine (C=N–C) groups is 1. The summed E-state index contributed by atoms with van der Waals surface area (Å²) in [5.41, 5.74) is -0.514. The summed E-state index contributed by atoms with van der Waals surface area (Å²) < 4.78 is 9.78. The van der Waals surface area contributed by atoms with Crippen LogP contribution >= 0.6 is 35.5 Å². The molecule has 2 heterocycles. The molecule has 2 rings (SSSR count). The monoisotopic (exact) mass is 567 g/mol. The first kappa shape index (κ1) is 27.7. The van der Waals surface area contributed by atoms with Crippen molar-refractivity contribution in [2.75, 3.05) is 44.7 Å². The van der Waals surface area contributed by atoms with Crippen LogP contribution in [0.5, 0.6) is 0 Å². The van der Waals surface area contributed by atoms with Gasteiger partial charge in [0.2, 0.25) is 5.13 Å². The van der Waals surface area contributed by atoms with Gasteiger partial charge in [0.1, 0.15) is 11.4 Å². The molecule has 0 bridgehead atoms. The van der Waals surface area contributed by atoms with Crippen LogP contribution in [-0.4, -0.2) is 77.7 Å². The lowest BCUT2D eigenvalue weighted by molar-refractivity contribution is 0.0491. The number of aryl methyl sites for hydroxylation is 1. The van der Waals surface area contributed by atoms with Gasteiger partial charge in [0.25, 0.3) is 0 Å². The number of halogens is 1. The van der Waals surface area contributed by atoms with Crippen molar-refractivity contribution < 1.29 is 9.53 Å². The molecular weight excluding hydrogens is 529 g/mol. The maximum absolute atomic E-state index is 12.2. The second kappa shape index (κ2) is 12.6. The van der Waals surface area contributed by atoms with Gasteiger partial charge in [0, 0.05) is 57.7 Å². The van der Waals surface area contributed by atoms with E-state index in [1.807, 2.05) is 20.8 Å². The Kier molecular flexibility index (Phi) is 11.3. The van der Waals surface area contributed by atoms with Gasteiger partial charge in [-0.1, -0.05) is 20.8 Å². The topological polar surface area (TPSA) is 95.0 Å². The van der Waals surface area contributed by atoms with Gasteiger partial charge in [0.15, 0.2) is 5.96 Å². The minimum atomic E-state index is -0.514. The largest absolute Gasteiger partial charge is 0.444 e. The summed E-state index contributed by atoms with van der Waals surface area (Å²) >= 11 is 1.47. The van der Waals surface area contributed by atoms with Gasteiger partial charge >= 0.3 is 6.09 Å². The molecule has 31 heavy (non-hydrogen) atoms. The number of rotatable bonds is 6. The van der Waals surface area contributed by atoms with Crippen molar-refractivity contribution in [3.8, 4) is 0 Å². The van der Waals surface area contributed by atoms with Gasteiger partial charge < -0.3 is 25.2 Å². The van der Waals surface area contributed by atoms with E-state index in [-0.39, 0.29) is 35.9 Å². The molecule has 0 aromatic carbocycles. The molecule has 0 radical (unpaired) electrons. The van der Waals surface area contributed by atoms with Crippen molar-refractivity contribution in [3.63, 3.8) is 0 Å². The van der Waals surface area contributed by atoms with Gasteiger partial charge in [-0.25, -0.2) is 9.78 Å². The molecule has 1 aromatic heterocycles.